The average Bonchev–Trinajstić information content (AvgIpc) is 2.97. The first-order valence-electron chi connectivity index (χ1n) is 9.47. The number of carbonyl (C=O) groups excluding carboxylic acids is 3. The highest BCUT2D eigenvalue weighted by molar-refractivity contribution is 6.23. The Hall–Kier alpha value is -2.63. The van der Waals surface area contributed by atoms with Gasteiger partial charge in [-0.3, -0.25) is 14.4 Å². The normalized spacial score (nSPS) is 19.9. The number of hydrogen-bond acceptors (Lipinski definition) is 4. The van der Waals surface area contributed by atoms with Gasteiger partial charge in [-0.25, -0.2) is 4.90 Å². The second-order valence-corrected chi connectivity index (χ2v) is 7.06. The number of nitrogens with zero attached hydrogens (tertiary/aromatic N) is 2. The highest BCUT2D eigenvalue weighted by atomic mass is 16.5. The molecule has 6 heteroatoms. The summed E-state index contributed by atoms with van der Waals surface area (Å²) in [6.07, 6.45) is 7.57. The van der Waals surface area contributed by atoms with Gasteiger partial charge < -0.3 is 9.64 Å². The highest BCUT2D eigenvalue weighted by Gasteiger charge is 2.43. The van der Waals surface area contributed by atoms with Crippen molar-refractivity contribution in [2.75, 3.05) is 18.6 Å². The molecule has 0 saturated carbocycles. The van der Waals surface area contributed by atoms with Crippen molar-refractivity contribution in [3.05, 3.63) is 35.9 Å². The summed E-state index contributed by atoms with van der Waals surface area (Å²) < 4.78 is 5.12. The molecule has 27 heavy (non-hydrogen) atoms. The van der Waals surface area contributed by atoms with Gasteiger partial charge in [0.05, 0.1) is 19.2 Å². The molecule has 3 rings (SSSR count). The van der Waals surface area contributed by atoms with E-state index in [1.165, 1.54) is 30.2 Å². The minimum absolute atomic E-state index is 0.0312. The summed E-state index contributed by atoms with van der Waals surface area (Å²) in [7, 11) is 1.56. The largest absolute Gasteiger partial charge is 0.497 e. The van der Waals surface area contributed by atoms with Crippen LogP contribution in [0.25, 0.3) is 0 Å². The fourth-order valence-corrected chi connectivity index (χ4v) is 3.79. The number of benzene rings is 1. The summed E-state index contributed by atoms with van der Waals surface area (Å²) in [5.74, 6) is -0.133. The summed E-state index contributed by atoms with van der Waals surface area (Å²) >= 11 is 0. The standard InChI is InChI=1S/C21H26N2O4/c1-15(24)22(13-12-16-6-4-3-5-7-16)19-14-20(25)23(21(19)26)17-8-10-18(27-2)11-9-17/h6,8-11,19H,3-5,7,12-14H2,1-2H3. The molecule has 1 aromatic carbocycles. The van der Waals surface area contributed by atoms with Crippen molar-refractivity contribution in [3.63, 3.8) is 0 Å². The first kappa shape index (κ1) is 19.1. The summed E-state index contributed by atoms with van der Waals surface area (Å²) in [6, 6.07) is 6.06. The molecule has 6 nitrogen and oxygen atoms in total. The number of imide groups is 1. The van der Waals surface area contributed by atoms with Crippen LogP contribution in [0.2, 0.25) is 0 Å². The third-order valence-corrected chi connectivity index (χ3v) is 5.29. The SMILES string of the molecule is COc1ccc(N2C(=O)CC(N(CCC3=CCCCC3)C(C)=O)C2=O)cc1. The monoisotopic (exact) mass is 370 g/mol. The lowest BCUT2D eigenvalue weighted by molar-refractivity contribution is -0.136. The van der Waals surface area contributed by atoms with Crippen LogP contribution in [0.4, 0.5) is 5.69 Å². The lowest BCUT2D eigenvalue weighted by Crippen LogP contribution is -2.45. The maximum absolute atomic E-state index is 12.9. The fourth-order valence-electron chi connectivity index (χ4n) is 3.79. The van der Waals surface area contributed by atoms with E-state index in [9.17, 15) is 14.4 Å². The molecule has 3 amide bonds. The van der Waals surface area contributed by atoms with E-state index in [2.05, 4.69) is 6.08 Å². The van der Waals surface area contributed by atoms with Gasteiger partial charge in [-0.1, -0.05) is 11.6 Å². The Morgan fingerprint density at radius 1 is 1.22 bits per heavy atom. The van der Waals surface area contributed by atoms with E-state index in [1.54, 1.807) is 36.3 Å². The van der Waals surface area contributed by atoms with Crippen molar-refractivity contribution in [2.24, 2.45) is 0 Å². The van der Waals surface area contributed by atoms with Gasteiger partial charge in [-0.15, -0.1) is 0 Å². The second-order valence-electron chi connectivity index (χ2n) is 7.06. The minimum Gasteiger partial charge on any atom is -0.497 e. The van der Waals surface area contributed by atoms with Gasteiger partial charge >= 0.3 is 0 Å². The highest BCUT2D eigenvalue weighted by Crippen LogP contribution is 2.28. The molecule has 0 aromatic heterocycles. The van der Waals surface area contributed by atoms with Crippen molar-refractivity contribution in [1.29, 1.82) is 0 Å². The molecule has 144 valence electrons. The number of rotatable bonds is 6. The molecule has 1 aliphatic heterocycles. The number of ether oxygens (including phenoxy) is 1. The van der Waals surface area contributed by atoms with Crippen LogP contribution in [-0.4, -0.2) is 42.3 Å². The Morgan fingerprint density at radius 2 is 1.96 bits per heavy atom. The molecule has 2 aliphatic rings. The molecule has 1 aromatic rings. The molecular weight excluding hydrogens is 344 g/mol. The zero-order valence-corrected chi connectivity index (χ0v) is 15.9. The fraction of sp³-hybridized carbons (Fsp3) is 0.476. The first-order chi connectivity index (χ1) is 13.0. The molecule has 1 heterocycles. The van der Waals surface area contributed by atoms with Crippen LogP contribution in [0.5, 0.6) is 5.75 Å². The lowest BCUT2D eigenvalue weighted by atomic mass is 9.97. The molecule has 0 bridgehead atoms. The number of anilines is 1. The zero-order chi connectivity index (χ0) is 19.4. The van der Waals surface area contributed by atoms with Crippen molar-refractivity contribution in [3.8, 4) is 5.75 Å². The van der Waals surface area contributed by atoms with Gasteiger partial charge in [0.15, 0.2) is 0 Å². The third kappa shape index (κ3) is 4.21. The van der Waals surface area contributed by atoms with Crippen LogP contribution in [0.3, 0.4) is 0 Å². The summed E-state index contributed by atoms with van der Waals surface area (Å²) in [6.45, 7) is 1.93. The number of allylic oxidation sites excluding steroid dienone is 1. The van der Waals surface area contributed by atoms with Gasteiger partial charge in [0.1, 0.15) is 11.8 Å². The molecule has 0 radical (unpaired) electrons. The van der Waals surface area contributed by atoms with E-state index in [-0.39, 0.29) is 24.1 Å². The van der Waals surface area contributed by atoms with E-state index < -0.39 is 6.04 Å². The summed E-state index contributed by atoms with van der Waals surface area (Å²) in [4.78, 5) is 40.4. The van der Waals surface area contributed by atoms with E-state index in [4.69, 9.17) is 4.74 Å². The zero-order valence-electron chi connectivity index (χ0n) is 15.9. The van der Waals surface area contributed by atoms with Gasteiger partial charge in [0.2, 0.25) is 11.8 Å². The van der Waals surface area contributed by atoms with Crippen LogP contribution in [0, 0.1) is 0 Å². The maximum atomic E-state index is 12.9. The Balaban J connectivity index is 1.73. The van der Waals surface area contributed by atoms with Crippen molar-refractivity contribution in [2.45, 2.75) is 51.5 Å². The van der Waals surface area contributed by atoms with E-state index in [0.29, 0.717) is 18.0 Å². The topological polar surface area (TPSA) is 66.9 Å². The van der Waals surface area contributed by atoms with Gasteiger partial charge in [0.25, 0.3) is 5.91 Å². The predicted molar refractivity (Wildman–Crippen MR) is 102 cm³/mol. The lowest BCUT2D eigenvalue weighted by Gasteiger charge is -2.27. The smallest absolute Gasteiger partial charge is 0.257 e. The van der Waals surface area contributed by atoms with Crippen LogP contribution in [-0.2, 0) is 14.4 Å². The van der Waals surface area contributed by atoms with Crippen LogP contribution in [0.15, 0.2) is 35.9 Å². The van der Waals surface area contributed by atoms with Gasteiger partial charge in [-0.05, 0) is 56.4 Å². The Morgan fingerprint density at radius 3 is 2.56 bits per heavy atom. The van der Waals surface area contributed by atoms with Crippen LogP contribution in [0.1, 0.15) is 45.4 Å². The molecule has 1 aliphatic carbocycles. The Labute approximate surface area is 159 Å². The van der Waals surface area contributed by atoms with Crippen LogP contribution >= 0.6 is 0 Å². The van der Waals surface area contributed by atoms with E-state index in [0.717, 1.165) is 19.3 Å². The minimum atomic E-state index is -0.721. The van der Waals surface area contributed by atoms with Crippen LogP contribution < -0.4 is 9.64 Å². The van der Waals surface area contributed by atoms with Gasteiger partial charge in [0, 0.05) is 13.5 Å². The Kier molecular flexibility index (Phi) is 5.94. The number of hydrogen-bond donors (Lipinski definition) is 0. The molecule has 0 spiro atoms. The van der Waals surface area contributed by atoms with Crippen molar-refractivity contribution >= 4 is 23.4 Å². The first-order valence-corrected chi connectivity index (χ1v) is 9.47. The number of amides is 3. The second kappa shape index (κ2) is 8.37. The molecule has 1 saturated heterocycles. The van der Waals surface area contributed by atoms with Crippen molar-refractivity contribution < 1.29 is 19.1 Å². The molecule has 1 fully saturated rings. The van der Waals surface area contributed by atoms with E-state index in [1.807, 2.05) is 0 Å². The average molecular weight is 370 g/mol. The number of methoxy groups -OCH3 is 1. The maximum Gasteiger partial charge on any atom is 0.257 e. The molecular formula is C21H26N2O4. The van der Waals surface area contributed by atoms with Gasteiger partial charge in [-0.2, -0.15) is 0 Å². The third-order valence-electron chi connectivity index (χ3n) is 5.29. The summed E-state index contributed by atoms with van der Waals surface area (Å²) in [5, 5.41) is 0. The quantitative estimate of drug-likeness (QED) is 0.570. The predicted octanol–water partition coefficient (Wildman–Crippen LogP) is 3.07. The number of carbonyl (C=O) groups is 3. The molecule has 1 unspecified atom stereocenters. The van der Waals surface area contributed by atoms with Crippen molar-refractivity contribution in [1.82, 2.24) is 4.90 Å². The molecule has 0 N–H and O–H groups in total. The summed E-state index contributed by atoms with van der Waals surface area (Å²) in [5.41, 5.74) is 1.85. The molecule has 1 atom stereocenters. The van der Waals surface area contributed by atoms with E-state index >= 15 is 0 Å². The Bertz CT molecular complexity index is 754.